The lowest BCUT2D eigenvalue weighted by Crippen LogP contribution is -2.47. The number of hydrogen-bond acceptors (Lipinski definition) is 4. The molecule has 1 fully saturated rings. The molecule has 0 amide bonds. The van der Waals surface area contributed by atoms with Crippen LogP contribution in [0.15, 0.2) is 78.9 Å². The normalized spacial score (nSPS) is 16.0. The summed E-state index contributed by atoms with van der Waals surface area (Å²) in [6.07, 6.45) is 2.49. The Morgan fingerprint density at radius 2 is 1.60 bits per heavy atom. The fourth-order valence-corrected chi connectivity index (χ4v) is 5.42. The van der Waals surface area contributed by atoms with Gasteiger partial charge in [0.1, 0.15) is 0 Å². The minimum absolute atomic E-state index is 0.129. The fraction of sp³-hybridized carbons (Fsp3) is 0.367. The molecule has 1 heterocycles. The van der Waals surface area contributed by atoms with Crippen molar-refractivity contribution in [2.75, 3.05) is 44.7 Å². The van der Waals surface area contributed by atoms with Crippen LogP contribution in [0.2, 0.25) is 5.02 Å². The molecule has 0 saturated carbocycles. The minimum atomic E-state index is -0.571. The van der Waals surface area contributed by atoms with Crippen LogP contribution in [0.5, 0.6) is 0 Å². The Labute approximate surface area is 214 Å². The van der Waals surface area contributed by atoms with Gasteiger partial charge in [0.2, 0.25) is 0 Å². The molecule has 0 N–H and O–H groups in total. The molecule has 1 saturated heterocycles. The highest BCUT2D eigenvalue weighted by molar-refractivity contribution is 6.30. The number of hydrogen-bond donors (Lipinski definition) is 0. The van der Waals surface area contributed by atoms with Gasteiger partial charge in [0.15, 0.2) is 0 Å². The quantitative estimate of drug-likeness (QED) is 0.323. The summed E-state index contributed by atoms with van der Waals surface area (Å²) in [5, 5.41) is 0.757. The van der Waals surface area contributed by atoms with Crippen molar-refractivity contribution in [1.82, 2.24) is 4.90 Å². The van der Waals surface area contributed by atoms with Gasteiger partial charge in [-0.1, -0.05) is 73.1 Å². The van der Waals surface area contributed by atoms with Gasteiger partial charge in [-0.25, -0.2) is 0 Å². The standard InChI is InChI=1S/C30H35ClN2O2/c1-3-30(29(34)35-2,26-12-5-4-6-13-26)16-9-17-32-18-20-33(21-19-32)28-15-8-11-25(23-28)24-10-7-14-27(31)22-24/h4-8,10-15,22-23H,3,9,16-21H2,1-2H3. The summed E-state index contributed by atoms with van der Waals surface area (Å²) in [7, 11) is 1.50. The molecular formula is C30H35ClN2O2. The zero-order valence-corrected chi connectivity index (χ0v) is 21.5. The van der Waals surface area contributed by atoms with E-state index in [0.29, 0.717) is 0 Å². The maximum absolute atomic E-state index is 12.8. The van der Waals surface area contributed by atoms with Crippen molar-refractivity contribution in [2.45, 2.75) is 31.6 Å². The monoisotopic (exact) mass is 490 g/mol. The van der Waals surface area contributed by atoms with E-state index in [0.717, 1.165) is 68.1 Å². The molecule has 0 aromatic heterocycles. The van der Waals surface area contributed by atoms with Gasteiger partial charge in [0, 0.05) is 36.9 Å². The first-order valence-corrected chi connectivity index (χ1v) is 12.9. The number of carbonyl (C=O) groups is 1. The van der Waals surface area contributed by atoms with Crippen molar-refractivity contribution in [1.29, 1.82) is 0 Å². The van der Waals surface area contributed by atoms with Crippen LogP contribution in [-0.2, 0) is 14.9 Å². The van der Waals surface area contributed by atoms with Crippen molar-refractivity contribution in [3.8, 4) is 11.1 Å². The maximum atomic E-state index is 12.8. The number of carbonyl (C=O) groups excluding carboxylic acids is 1. The second-order valence-corrected chi connectivity index (χ2v) is 9.72. The highest BCUT2D eigenvalue weighted by Gasteiger charge is 2.39. The number of ether oxygens (including phenoxy) is 1. The first kappa shape index (κ1) is 25.3. The first-order valence-electron chi connectivity index (χ1n) is 12.5. The molecule has 3 aromatic rings. The molecule has 0 spiro atoms. The molecule has 4 nitrogen and oxygen atoms in total. The third-order valence-electron chi connectivity index (χ3n) is 7.33. The molecule has 4 rings (SSSR count). The summed E-state index contributed by atoms with van der Waals surface area (Å²) in [6.45, 7) is 7.09. The topological polar surface area (TPSA) is 32.8 Å². The molecule has 1 atom stereocenters. The van der Waals surface area contributed by atoms with Crippen LogP contribution >= 0.6 is 11.6 Å². The predicted octanol–water partition coefficient (Wildman–Crippen LogP) is 6.43. The molecule has 184 valence electrons. The van der Waals surface area contributed by atoms with Crippen LogP contribution in [0.4, 0.5) is 5.69 Å². The number of nitrogens with zero attached hydrogens (tertiary/aromatic N) is 2. The lowest BCUT2D eigenvalue weighted by atomic mass is 9.74. The second-order valence-electron chi connectivity index (χ2n) is 9.29. The minimum Gasteiger partial charge on any atom is -0.468 e. The Hall–Kier alpha value is -2.82. The summed E-state index contributed by atoms with van der Waals surface area (Å²) in [5.41, 5.74) is 4.06. The van der Waals surface area contributed by atoms with E-state index in [2.05, 4.69) is 59.2 Å². The van der Waals surface area contributed by atoms with Gasteiger partial charge in [-0.15, -0.1) is 0 Å². The Kier molecular flexibility index (Phi) is 8.48. The molecule has 1 unspecified atom stereocenters. The Morgan fingerprint density at radius 1 is 0.914 bits per heavy atom. The number of benzene rings is 3. The number of halogens is 1. The van der Waals surface area contributed by atoms with Gasteiger partial charge in [-0.2, -0.15) is 0 Å². The van der Waals surface area contributed by atoms with Gasteiger partial charge in [-0.3, -0.25) is 9.69 Å². The highest BCUT2D eigenvalue weighted by Crippen LogP contribution is 2.35. The van der Waals surface area contributed by atoms with Crippen molar-refractivity contribution >= 4 is 23.3 Å². The molecule has 1 aliphatic heterocycles. The number of anilines is 1. The van der Waals surface area contributed by atoms with Crippen molar-refractivity contribution in [3.05, 3.63) is 89.4 Å². The van der Waals surface area contributed by atoms with Crippen LogP contribution in [0.25, 0.3) is 11.1 Å². The van der Waals surface area contributed by atoms with E-state index in [1.807, 2.05) is 36.4 Å². The molecule has 0 bridgehead atoms. The van der Waals surface area contributed by atoms with E-state index in [-0.39, 0.29) is 5.97 Å². The molecular weight excluding hydrogens is 456 g/mol. The molecule has 0 aliphatic carbocycles. The van der Waals surface area contributed by atoms with E-state index >= 15 is 0 Å². The van der Waals surface area contributed by atoms with Crippen molar-refractivity contribution < 1.29 is 9.53 Å². The smallest absolute Gasteiger partial charge is 0.316 e. The van der Waals surface area contributed by atoms with Gasteiger partial charge in [0.05, 0.1) is 12.5 Å². The summed E-state index contributed by atoms with van der Waals surface area (Å²) in [4.78, 5) is 17.8. The molecule has 35 heavy (non-hydrogen) atoms. The largest absolute Gasteiger partial charge is 0.468 e. The van der Waals surface area contributed by atoms with Crippen LogP contribution in [-0.4, -0.2) is 50.7 Å². The van der Waals surface area contributed by atoms with Gasteiger partial charge < -0.3 is 9.64 Å². The Morgan fingerprint density at radius 3 is 2.26 bits per heavy atom. The Balaban J connectivity index is 1.34. The van der Waals surface area contributed by atoms with Crippen LogP contribution in [0.1, 0.15) is 31.7 Å². The third kappa shape index (κ3) is 5.88. The van der Waals surface area contributed by atoms with E-state index in [4.69, 9.17) is 16.3 Å². The van der Waals surface area contributed by atoms with Crippen molar-refractivity contribution in [3.63, 3.8) is 0 Å². The molecule has 5 heteroatoms. The average molecular weight is 491 g/mol. The predicted molar refractivity (Wildman–Crippen MR) is 145 cm³/mol. The molecule has 1 aliphatic rings. The Bertz CT molecular complexity index is 1110. The number of methoxy groups -OCH3 is 1. The summed E-state index contributed by atoms with van der Waals surface area (Å²) in [5.74, 6) is -0.129. The van der Waals surface area contributed by atoms with Gasteiger partial charge in [0.25, 0.3) is 0 Å². The maximum Gasteiger partial charge on any atom is 0.316 e. The molecule has 3 aromatic carbocycles. The zero-order chi connectivity index (χ0) is 24.7. The number of esters is 1. The van der Waals surface area contributed by atoms with E-state index in [9.17, 15) is 4.79 Å². The van der Waals surface area contributed by atoms with Crippen LogP contribution < -0.4 is 4.90 Å². The summed E-state index contributed by atoms with van der Waals surface area (Å²) < 4.78 is 5.25. The van der Waals surface area contributed by atoms with Crippen LogP contribution in [0.3, 0.4) is 0 Å². The SMILES string of the molecule is CCC(CCCN1CCN(c2cccc(-c3cccc(Cl)c3)c2)CC1)(C(=O)OC)c1ccccc1. The molecule has 0 radical (unpaired) electrons. The van der Waals surface area contributed by atoms with Crippen LogP contribution in [0, 0.1) is 0 Å². The van der Waals surface area contributed by atoms with E-state index in [1.165, 1.54) is 18.4 Å². The number of rotatable bonds is 9. The summed E-state index contributed by atoms with van der Waals surface area (Å²) >= 11 is 6.20. The highest BCUT2D eigenvalue weighted by atomic mass is 35.5. The van der Waals surface area contributed by atoms with Gasteiger partial charge >= 0.3 is 5.97 Å². The average Bonchev–Trinajstić information content (AvgIpc) is 2.92. The van der Waals surface area contributed by atoms with Gasteiger partial charge in [-0.05, 0) is 66.8 Å². The third-order valence-corrected chi connectivity index (χ3v) is 7.56. The van der Waals surface area contributed by atoms with Crippen molar-refractivity contribution in [2.24, 2.45) is 0 Å². The van der Waals surface area contributed by atoms with E-state index in [1.54, 1.807) is 0 Å². The lowest BCUT2D eigenvalue weighted by Gasteiger charge is -2.37. The number of piperazine rings is 1. The lowest BCUT2D eigenvalue weighted by molar-refractivity contribution is -0.148. The first-order chi connectivity index (χ1) is 17.1. The van der Waals surface area contributed by atoms with E-state index < -0.39 is 5.41 Å². The fourth-order valence-electron chi connectivity index (χ4n) is 5.23. The second kappa shape index (κ2) is 11.7. The zero-order valence-electron chi connectivity index (χ0n) is 20.8. The summed E-state index contributed by atoms with van der Waals surface area (Å²) in [6, 6.07) is 26.8.